The molecule has 124 valence electrons. The van der Waals surface area contributed by atoms with Crippen molar-refractivity contribution in [3.05, 3.63) is 64.7 Å². The highest BCUT2D eigenvalue weighted by Crippen LogP contribution is 2.46. The van der Waals surface area contributed by atoms with Gasteiger partial charge in [0.25, 0.3) is 11.8 Å². The Morgan fingerprint density at radius 2 is 1.56 bits per heavy atom. The van der Waals surface area contributed by atoms with Crippen molar-refractivity contribution < 1.29 is 14.4 Å². The topological polar surface area (TPSA) is 101 Å². The molecular weight excluding hydrogens is 318 g/mol. The molecule has 0 bridgehead atoms. The Kier molecular flexibility index (Phi) is 3.13. The lowest BCUT2D eigenvalue weighted by Crippen LogP contribution is -2.51. The van der Waals surface area contributed by atoms with Gasteiger partial charge in [0.1, 0.15) is 5.57 Å². The summed E-state index contributed by atoms with van der Waals surface area (Å²) in [5, 5.41) is 4.13. The summed E-state index contributed by atoms with van der Waals surface area (Å²) in [7, 11) is 0. The number of barbiturate groups is 1. The van der Waals surface area contributed by atoms with Gasteiger partial charge in [0.05, 0.1) is 5.54 Å². The Hall–Kier alpha value is -3.25. The zero-order valence-corrected chi connectivity index (χ0v) is 13.4. The van der Waals surface area contributed by atoms with E-state index in [1.54, 1.807) is 6.07 Å². The quantitative estimate of drug-likeness (QED) is 0.545. The lowest BCUT2D eigenvalue weighted by atomic mass is 9.90. The number of carbonyl (C=O) groups is 3. The largest absolute Gasteiger partial charge is 0.328 e. The van der Waals surface area contributed by atoms with E-state index in [-0.39, 0.29) is 5.57 Å². The highest BCUT2D eigenvalue weighted by atomic mass is 16.2. The van der Waals surface area contributed by atoms with Crippen LogP contribution >= 0.6 is 0 Å². The second-order valence-corrected chi connectivity index (χ2v) is 6.35. The number of imide groups is 2. The van der Waals surface area contributed by atoms with Gasteiger partial charge in [-0.25, -0.2) is 4.79 Å². The van der Waals surface area contributed by atoms with E-state index in [0.717, 1.165) is 22.3 Å². The molecule has 0 spiro atoms. The molecule has 4 amide bonds. The lowest BCUT2D eigenvalue weighted by Gasteiger charge is -2.21. The van der Waals surface area contributed by atoms with Crippen molar-refractivity contribution >= 4 is 23.9 Å². The molecule has 2 aromatic carbocycles. The van der Waals surface area contributed by atoms with Crippen molar-refractivity contribution in [2.24, 2.45) is 5.73 Å². The summed E-state index contributed by atoms with van der Waals surface area (Å²) in [6.07, 6.45) is 1.46. The number of nitrogens with two attached hydrogens (primary N) is 1. The third-order valence-corrected chi connectivity index (χ3v) is 4.63. The number of benzene rings is 2. The van der Waals surface area contributed by atoms with Crippen LogP contribution in [0.15, 0.2) is 48.0 Å². The molecule has 1 unspecified atom stereocenters. The zero-order valence-electron chi connectivity index (χ0n) is 13.4. The fourth-order valence-corrected chi connectivity index (χ4v) is 3.42. The van der Waals surface area contributed by atoms with Gasteiger partial charge in [-0.15, -0.1) is 0 Å². The molecule has 1 aliphatic carbocycles. The Labute approximate surface area is 143 Å². The predicted octanol–water partition coefficient (Wildman–Crippen LogP) is 1.64. The van der Waals surface area contributed by atoms with Gasteiger partial charge in [-0.1, -0.05) is 36.4 Å². The molecular formula is C19H15N3O3. The molecule has 0 radical (unpaired) electrons. The standard InChI is InChI=1S/C19H15N3O3/c1-19(20)14-5-3-2-4-11(14)12-8-10(6-7-15(12)19)9-13-16(23)21-18(25)22-17(13)24/h2-9H,20H2,1H3,(H2,21,22,23,24,25). The number of urea groups is 1. The predicted molar refractivity (Wildman–Crippen MR) is 92.2 cm³/mol. The molecule has 2 aliphatic rings. The number of fused-ring (bicyclic) bond motifs is 3. The van der Waals surface area contributed by atoms with Crippen molar-refractivity contribution in [1.82, 2.24) is 10.6 Å². The SMILES string of the molecule is CC1(N)c2ccccc2-c2cc(C=C3C(=O)NC(=O)NC3=O)ccc21. The van der Waals surface area contributed by atoms with Gasteiger partial charge in [0.15, 0.2) is 0 Å². The van der Waals surface area contributed by atoms with Gasteiger partial charge in [-0.2, -0.15) is 0 Å². The number of hydrogen-bond donors (Lipinski definition) is 3. The average molecular weight is 333 g/mol. The molecule has 1 saturated heterocycles. The van der Waals surface area contributed by atoms with Crippen LogP contribution in [0.5, 0.6) is 0 Å². The van der Waals surface area contributed by atoms with Crippen LogP contribution in [-0.2, 0) is 15.1 Å². The number of carbonyl (C=O) groups excluding carboxylic acids is 3. The van der Waals surface area contributed by atoms with E-state index >= 15 is 0 Å². The molecule has 0 saturated carbocycles. The lowest BCUT2D eigenvalue weighted by molar-refractivity contribution is -0.123. The fourth-order valence-electron chi connectivity index (χ4n) is 3.42. The van der Waals surface area contributed by atoms with Crippen LogP contribution in [0.25, 0.3) is 17.2 Å². The first-order chi connectivity index (χ1) is 11.9. The van der Waals surface area contributed by atoms with Crippen molar-refractivity contribution in [2.45, 2.75) is 12.5 Å². The maximum Gasteiger partial charge on any atom is 0.328 e. The van der Waals surface area contributed by atoms with Gasteiger partial charge in [-0.3, -0.25) is 20.2 Å². The molecule has 0 aromatic heterocycles. The molecule has 25 heavy (non-hydrogen) atoms. The molecule has 1 atom stereocenters. The molecule has 6 nitrogen and oxygen atoms in total. The normalized spacial score (nSPS) is 21.4. The molecule has 1 heterocycles. The van der Waals surface area contributed by atoms with Crippen molar-refractivity contribution in [3.8, 4) is 11.1 Å². The third-order valence-electron chi connectivity index (χ3n) is 4.63. The van der Waals surface area contributed by atoms with E-state index in [1.807, 2.05) is 43.3 Å². The first-order valence-corrected chi connectivity index (χ1v) is 7.79. The minimum Gasteiger partial charge on any atom is -0.318 e. The maximum absolute atomic E-state index is 11.9. The van der Waals surface area contributed by atoms with Crippen LogP contribution in [0.3, 0.4) is 0 Å². The fraction of sp³-hybridized carbons (Fsp3) is 0.105. The van der Waals surface area contributed by atoms with Gasteiger partial charge in [-0.05, 0) is 46.9 Å². The molecule has 6 heteroatoms. The van der Waals surface area contributed by atoms with Crippen LogP contribution in [0.2, 0.25) is 0 Å². The van der Waals surface area contributed by atoms with Crippen LogP contribution in [0.4, 0.5) is 4.79 Å². The molecule has 2 aromatic rings. The summed E-state index contributed by atoms with van der Waals surface area (Å²) in [6, 6.07) is 12.7. The van der Waals surface area contributed by atoms with E-state index in [9.17, 15) is 14.4 Å². The summed E-state index contributed by atoms with van der Waals surface area (Å²) in [5.74, 6) is -1.42. The Morgan fingerprint density at radius 1 is 0.920 bits per heavy atom. The van der Waals surface area contributed by atoms with Crippen molar-refractivity contribution in [1.29, 1.82) is 0 Å². The van der Waals surface area contributed by atoms with E-state index in [2.05, 4.69) is 10.6 Å². The van der Waals surface area contributed by atoms with Crippen molar-refractivity contribution in [3.63, 3.8) is 0 Å². The highest BCUT2D eigenvalue weighted by Gasteiger charge is 2.35. The van der Waals surface area contributed by atoms with E-state index in [1.165, 1.54) is 6.08 Å². The van der Waals surface area contributed by atoms with Crippen LogP contribution < -0.4 is 16.4 Å². The molecule has 4 N–H and O–H groups in total. The molecule has 4 rings (SSSR count). The minimum absolute atomic E-state index is 0.110. The maximum atomic E-state index is 11.9. The first-order valence-electron chi connectivity index (χ1n) is 7.79. The summed E-state index contributed by atoms with van der Waals surface area (Å²) in [5.41, 5.74) is 10.5. The van der Waals surface area contributed by atoms with E-state index in [4.69, 9.17) is 5.73 Å². The summed E-state index contributed by atoms with van der Waals surface area (Å²) in [4.78, 5) is 34.9. The van der Waals surface area contributed by atoms with Crippen LogP contribution in [-0.4, -0.2) is 17.8 Å². The second-order valence-electron chi connectivity index (χ2n) is 6.35. The smallest absolute Gasteiger partial charge is 0.318 e. The summed E-state index contributed by atoms with van der Waals surface area (Å²) < 4.78 is 0. The van der Waals surface area contributed by atoms with Gasteiger partial charge >= 0.3 is 6.03 Å². The van der Waals surface area contributed by atoms with Gasteiger partial charge in [0.2, 0.25) is 0 Å². The van der Waals surface area contributed by atoms with Crippen LogP contribution in [0, 0.1) is 0 Å². The Bertz CT molecular complexity index is 967. The number of amides is 4. The monoisotopic (exact) mass is 333 g/mol. The summed E-state index contributed by atoms with van der Waals surface area (Å²) in [6.45, 7) is 1.96. The first kappa shape index (κ1) is 15.3. The Morgan fingerprint density at radius 3 is 2.28 bits per heavy atom. The number of rotatable bonds is 1. The second kappa shape index (κ2) is 5.12. The Balaban J connectivity index is 1.82. The number of hydrogen-bond acceptors (Lipinski definition) is 4. The van der Waals surface area contributed by atoms with Gasteiger partial charge < -0.3 is 5.73 Å². The summed E-state index contributed by atoms with van der Waals surface area (Å²) >= 11 is 0. The third kappa shape index (κ3) is 2.27. The van der Waals surface area contributed by atoms with Crippen LogP contribution in [0.1, 0.15) is 23.6 Å². The number of nitrogens with one attached hydrogen (secondary N) is 2. The van der Waals surface area contributed by atoms with E-state index in [0.29, 0.717) is 5.56 Å². The molecule has 1 fully saturated rings. The van der Waals surface area contributed by atoms with Crippen molar-refractivity contribution in [2.75, 3.05) is 0 Å². The van der Waals surface area contributed by atoms with E-state index < -0.39 is 23.4 Å². The van der Waals surface area contributed by atoms with Gasteiger partial charge in [0, 0.05) is 0 Å². The minimum atomic E-state index is -0.811. The highest BCUT2D eigenvalue weighted by molar-refractivity contribution is 6.31. The molecule has 1 aliphatic heterocycles. The zero-order chi connectivity index (χ0) is 17.8. The average Bonchev–Trinajstić information content (AvgIpc) is 2.79.